The van der Waals surface area contributed by atoms with Crippen molar-refractivity contribution in [3.63, 3.8) is 0 Å². The van der Waals surface area contributed by atoms with Crippen LogP contribution in [0.4, 0.5) is 4.79 Å². The first-order valence-electron chi connectivity index (χ1n) is 7.47. The molecular formula is C17H23N3OS. The van der Waals surface area contributed by atoms with Gasteiger partial charge in [0.25, 0.3) is 0 Å². The monoisotopic (exact) mass is 317 g/mol. The van der Waals surface area contributed by atoms with E-state index in [1.165, 1.54) is 9.75 Å². The number of amides is 2. The zero-order chi connectivity index (χ0) is 16.1. The number of hydrogen-bond acceptors (Lipinski definition) is 3. The third kappa shape index (κ3) is 4.31. The molecule has 5 heteroatoms. The highest BCUT2D eigenvalue weighted by Gasteiger charge is 2.19. The Morgan fingerprint density at radius 3 is 2.68 bits per heavy atom. The van der Waals surface area contributed by atoms with Crippen LogP contribution in [-0.4, -0.2) is 29.0 Å². The second-order valence-electron chi connectivity index (χ2n) is 5.61. The van der Waals surface area contributed by atoms with Crippen molar-refractivity contribution in [2.45, 2.75) is 39.3 Å². The Balaban J connectivity index is 1.90. The fourth-order valence-corrected chi connectivity index (χ4v) is 3.28. The molecule has 0 bridgehead atoms. The van der Waals surface area contributed by atoms with E-state index < -0.39 is 0 Å². The van der Waals surface area contributed by atoms with Crippen LogP contribution in [0.3, 0.4) is 0 Å². The van der Waals surface area contributed by atoms with Gasteiger partial charge in [0.15, 0.2) is 0 Å². The summed E-state index contributed by atoms with van der Waals surface area (Å²) in [6, 6.07) is 9.97. The number of urea groups is 1. The molecule has 118 valence electrons. The standard InChI is InChI=1S/C17H23N3OS/c1-12(11-15-9-8-13(2)22-15)19-17(21)20(4)14(3)16-7-5-6-10-18-16/h5-10,12,14H,11H2,1-4H3,(H,19,21). The molecule has 2 unspecified atom stereocenters. The van der Waals surface area contributed by atoms with Gasteiger partial charge in [0.2, 0.25) is 0 Å². The molecule has 2 aromatic heterocycles. The summed E-state index contributed by atoms with van der Waals surface area (Å²) in [6.07, 6.45) is 2.61. The van der Waals surface area contributed by atoms with Crippen LogP contribution in [0.25, 0.3) is 0 Å². The number of nitrogens with one attached hydrogen (secondary N) is 1. The van der Waals surface area contributed by atoms with E-state index in [-0.39, 0.29) is 18.1 Å². The van der Waals surface area contributed by atoms with Crippen molar-refractivity contribution >= 4 is 17.4 Å². The Bertz CT molecular complexity index is 611. The lowest BCUT2D eigenvalue weighted by Gasteiger charge is -2.26. The van der Waals surface area contributed by atoms with Gasteiger partial charge in [-0.1, -0.05) is 6.07 Å². The summed E-state index contributed by atoms with van der Waals surface area (Å²) in [5.41, 5.74) is 0.890. The first-order valence-corrected chi connectivity index (χ1v) is 8.28. The van der Waals surface area contributed by atoms with Crippen molar-refractivity contribution in [3.8, 4) is 0 Å². The Morgan fingerprint density at radius 2 is 2.09 bits per heavy atom. The molecule has 0 radical (unpaired) electrons. The van der Waals surface area contributed by atoms with Crippen LogP contribution in [-0.2, 0) is 6.42 Å². The lowest BCUT2D eigenvalue weighted by Crippen LogP contribution is -2.43. The van der Waals surface area contributed by atoms with Crippen LogP contribution >= 0.6 is 11.3 Å². The molecular weight excluding hydrogens is 294 g/mol. The number of thiophene rings is 1. The number of aromatic nitrogens is 1. The summed E-state index contributed by atoms with van der Waals surface area (Å²) < 4.78 is 0. The third-order valence-corrected chi connectivity index (χ3v) is 4.71. The highest BCUT2D eigenvalue weighted by atomic mass is 32.1. The van der Waals surface area contributed by atoms with Crippen molar-refractivity contribution in [2.24, 2.45) is 0 Å². The summed E-state index contributed by atoms with van der Waals surface area (Å²) in [5.74, 6) is 0. The van der Waals surface area contributed by atoms with Gasteiger partial charge in [0, 0.05) is 35.5 Å². The van der Waals surface area contributed by atoms with E-state index in [2.05, 4.69) is 29.4 Å². The SMILES string of the molecule is Cc1ccc(CC(C)NC(=O)N(C)C(C)c2ccccn2)s1. The number of hydrogen-bond donors (Lipinski definition) is 1. The number of aryl methyl sites for hydroxylation is 1. The Morgan fingerprint density at radius 1 is 1.32 bits per heavy atom. The fraction of sp³-hybridized carbons (Fsp3) is 0.412. The van der Waals surface area contributed by atoms with Gasteiger partial charge in [0.1, 0.15) is 0 Å². The molecule has 2 amide bonds. The molecule has 0 saturated heterocycles. The molecule has 0 spiro atoms. The molecule has 2 aromatic rings. The summed E-state index contributed by atoms with van der Waals surface area (Å²) in [7, 11) is 1.80. The van der Waals surface area contributed by atoms with Crippen LogP contribution in [0.1, 0.15) is 35.3 Å². The Hall–Kier alpha value is -1.88. The van der Waals surface area contributed by atoms with E-state index >= 15 is 0 Å². The van der Waals surface area contributed by atoms with Gasteiger partial charge in [-0.05, 0) is 45.0 Å². The summed E-state index contributed by atoms with van der Waals surface area (Å²) in [6.45, 7) is 6.11. The van der Waals surface area contributed by atoms with Crippen molar-refractivity contribution < 1.29 is 4.79 Å². The smallest absolute Gasteiger partial charge is 0.317 e. The maximum absolute atomic E-state index is 12.4. The Kier molecular flexibility index (Phi) is 5.55. The minimum absolute atomic E-state index is 0.0580. The van der Waals surface area contributed by atoms with Crippen molar-refractivity contribution in [1.82, 2.24) is 15.2 Å². The first-order chi connectivity index (χ1) is 10.5. The van der Waals surface area contributed by atoms with Crippen LogP contribution in [0, 0.1) is 6.92 Å². The van der Waals surface area contributed by atoms with Crippen molar-refractivity contribution in [2.75, 3.05) is 7.05 Å². The van der Waals surface area contributed by atoms with Crippen molar-refractivity contribution in [1.29, 1.82) is 0 Å². The molecule has 2 rings (SSSR count). The molecule has 0 aliphatic heterocycles. The van der Waals surface area contributed by atoms with Gasteiger partial charge in [-0.2, -0.15) is 0 Å². The van der Waals surface area contributed by atoms with Gasteiger partial charge < -0.3 is 10.2 Å². The molecule has 4 nitrogen and oxygen atoms in total. The quantitative estimate of drug-likeness (QED) is 0.912. The normalized spacial score (nSPS) is 13.5. The van der Waals surface area contributed by atoms with E-state index in [9.17, 15) is 4.79 Å². The number of carbonyl (C=O) groups is 1. The van der Waals surface area contributed by atoms with E-state index in [4.69, 9.17) is 0 Å². The number of rotatable bonds is 5. The zero-order valence-corrected chi connectivity index (χ0v) is 14.4. The van der Waals surface area contributed by atoms with Crippen LogP contribution in [0.15, 0.2) is 36.5 Å². The van der Waals surface area contributed by atoms with Crippen molar-refractivity contribution in [3.05, 3.63) is 52.0 Å². The van der Waals surface area contributed by atoms with Gasteiger partial charge in [-0.3, -0.25) is 4.98 Å². The van der Waals surface area contributed by atoms with Crippen LogP contribution in [0.2, 0.25) is 0 Å². The molecule has 0 saturated carbocycles. The van der Waals surface area contributed by atoms with E-state index in [1.54, 1.807) is 29.5 Å². The first kappa shape index (κ1) is 16.5. The summed E-state index contributed by atoms with van der Waals surface area (Å²) in [5, 5.41) is 3.05. The average molecular weight is 317 g/mol. The number of pyridine rings is 1. The lowest BCUT2D eigenvalue weighted by atomic mass is 10.2. The predicted molar refractivity (Wildman–Crippen MR) is 91.2 cm³/mol. The predicted octanol–water partition coefficient (Wildman–Crippen LogP) is 3.79. The fourth-order valence-electron chi connectivity index (χ4n) is 2.26. The molecule has 0 fully saturated rings. The maximum Gasteiger partial charge on any atom is 0.317 e. The van der Waals surface area contributed by atoms with E-state index in [0.717, 1.165) is 12.1 Å². The van der Waals surface area contributed by atoms with Gasteiger partial charge in [-0.15, -0.1) is 11.3 Å². The minimum Gasteiger partial charge on any atom is -0.335 e. The number of nitrogens with zero attached hydrogens (tertiary/aromatic N) is 2. The van der Waals surface area contributed by atoms with Gasteiger partial charge in [-0.25, -0.2) is 4.79 Å². The van der Waals surface area contributed by atoms with Crippen LogP contribution < -0.4 is 5.32 Å². The maximum atomic E-state index is 12.4. The average Bonchev–Trinajstić information content (AvgIpc) is 2.91. The molecule has 1 N–H and O–H groups in total. The second kappa shape index (κ2) is 7.40. The molecule has 0 aliphatic carbocycles. The minimum atomic E-state index is -0.0704. The number of carbonyl (C=O) groups excluding carboxylic acids is 1. The van der Waals surface area contributed by atoms with Gasteiger partial charge in [0.05, 0.1) is 11.7 Å². The summed E-state index contributed by atoms with van der Waals surface area (Å²) in [4.78, 5) is 21.0. The Labute approximate surface area is 136 Å². The second-order valence-corrected chi connectivity index (χ2v) is 6.98. The highest BCUT2D eigenvalue weighted by Crippen LogP contribution is 2.18. The van der Waals surface area contributed by atoms with Crippen LogP contribution in [0.5, 0.6) is 0 Å². The van der Waals surface area contributed by atoms with E-state index in [0.29, 0.717) is 0 Å². The van der Waals surface area contributed by atoms with Gasteiger partial charge >= 0.3 is 6.03 Å². The van der Waals surface area contributed by atoms with E-state index in [1.807, 2.05) is 32.0 Å². The molecule has 0 aromatic carbocycles. The molecule has 22 heavy (non-hydrogen) atoms. The third-order valence-electron chi connectivity index (χ3n) is 3.69. The zero-order valence-electron chi connectivity index (χ0n) is 13.5. The largest absolute Gasteiger partial charge is 0.335 e. The highest BCUT2D eigenvalue weighted by molar-refractivity contribution is 7.11. The molecule has 2 heterocycles. The molecule has 2 atom stereocenters. The lowest BCUT2D eigenvalue weighted by molar-refractivity contribution is 0.190. The topological polar surface area (TPSA) is 45.2 Å². The molecule has 0 aliphatic rings. The summed E-state index contributed by atoms with van der Waals surface area (Å²) >= 11 is 1.78.